The second-order valence-electron chi connectivity index (χ2n) is 7.48. The van der Waals surface area contributed by atoms with Crippen LogP contribution in [0.15, 0.2) is 0 Å². The van der Waals surface area contributed by atoms with E-state index in [4.69, 9.17) is 0 Å². The van der Waals surface area contributed by atoms with Gasteiger partial charge >= 0.3 is 0 Å². The van der Waals surface area contributed by atoms with Crippen LogP contribution < -0.4 is 0 Å². The van der Waals surface area contributed by atoms with Crippen molar-refractivity contribution in [3.63, 3.8) is 0 Å². The van der Waals surface area contributed by atoms with Crippen molar-refractivity contribution >= 4 is 11.8 Å². The first-order valence-electron chi connectivity index (χ1n) is 9.23. The first-order valence-corrected chi connectivity index (χ1v) is 9.23. The van der Waals surface area contributed by atoms with Gasteiger partial charge in [-0.15, -0.1) is 0 Å². The maximum atomic E-state index is 12.9. The maximum absolute atomic E-state index is 12.9. The van der Waals surface area contributed by atoms with Crippen LogP contribution in [-0.2, 0) is 9.59 Å². The Kier molecular flexibility index (Phi) is 4.74. The van der Waals surface area contributed by atoms with Gasteiger partial charge in [0.15, 0.2) is 0 Å². The molecule has 0 aromatic carbocycles. The molecule has 0 aromatic heterocycles. The summed E-state index contributed by atoms with van der Waals surface area (Å²) < 4.78 is 0. The molecular weight excluding hydrogens is 276 g/mol. The minimum absolute atomic E-state index is 0.141. The fraction of sp³-hybridized carbons (Fsp3) is 0.889. The van der Waals surface area contributed by atoms with Gasteiger partial charge in [-0.1, -0.05) is 19.8 Å². The molecule has 0 radical (unpaired) electrons. The highest BCUT2D eigenvalue weighted by Gasteiger charge is 2.40. The molecular formula is C18H30N2O2. The highest BCUT2D eigenvalue weighted by molar-refractivity contribution is 5.88. The Morgan fingerprint density at radius 1 is 0.955 bits per heavy atom. The summed E-state index contributed by atoms with van der Waals surface area (Å²) in [7, 11) is 0. The molecule has 22 heavy (non-hydrogen) atoms. The zero-order valence-corrected chi connectivity index (χ0v) is 14.0. The lowest BCUT2D eigenvalue weighted by atomic mass is 9.77. The number of nitrogens with zero attached hydrogens (tertiary/aromatic N) is 2. The summed E-state index contributed by atoms with van der Waals surface area (Å²) in [6.45, 7) is 4.47. The van der Waals surface area contributed by atoms with E-state index in [1.165, 1.54) is 38.5 Å². The molecule has 3 fully saturated rings. The van der Waals surface area contributed by atoms with Gasteiger partial charge in [0.05, 0.1) is 0 Å². The van der Waals surface area contributed by atoms with E-state index in [0.29, 0.717) is 11.8 Å². The van der Waals surface area contributed by atoms with E-state index in [9.17, 15) is 9.59 Å². The van der Waals surface area contributed by atoms with Gasteiger partial charge in [0.25, 0.3) is 0 Å². The lowest BCUT2D eigenvalue weighted by Crippen LogP contribution is -2.55. The van der Waals surface area contributed by atoms with E-state index >= 15 is 0 Å². The molecule has 1 spiro atoms. The molecule has 0 aromatic rings. The van der Waals surface area contributed by atoms with Gasteiger partial charge < -0.3 is 9.80 Å². The second kappa shape index (κ2) is 6.59. The summed E-state index contributed by atoms with van der Waals surface area (Å²) >= 11 is 0. The fourth-order valence-electron chi connectivity index (χ4n) is 4.73. The second-order valence-corrected chi connectivity index (χ2v) is 7.48. The third-order valence-electron chi connectivity index (χ3n) is 6.21. The molecule has 2 heterocycles. The Labute approximate surface area is 134 Å². The standard InChI is InChI=1S/C18H30N2O2/c1-2-16(21)20-12-6-3-7-15(20)17(22)19-13-10-18(11-14-19)8-4-5-9-18/h15H,2-14H2,1H3. The maximum Gasteiger partial charge on any atom is 0.245 e. The Balaban J connectivity index is 1.61. The van der Waals surface area contributed by atoms with Gasteiger partial charge in [-0.2, -0.15) is 0 Å². The normalized spacial score (nSPS) is 28.1. The van der Waals surface area contributed by atoms with E-state index in [1.807, 2.05) is 11.8 Å². The highest BCUT2D eigenvalue weighted by Crippen LogP contribution is 2.46. The largest absolute Gasteiger partial charge is 0.341 e. The topological polar surface area (TPSA) is 40.6 Å². The van der Waals surface area contributed by atoms with Crippen molar-refractivity contribution < 1.29 is 9.59 Å². The van der Waals surface area contributed by atoms with Crippen molar-refractivity contribution in [3.05, 3.63) is 0 Å². The number of piperidine rings is 2. The summed E-state index contributed by atoms with van der Waals surface area (Å²) in [5, 5.41) is 0. The van der Waals surface area contributed by atoms with Gasteiger partial charge in [0.1, 0.15) is 6.04 Å². The third-order valence-corrected chi connectivity index (χ3v) is 6.21. The molecule has 1 unspecified atom stereocenters. The van der Waals surface area contributed by atoms with E-state index in [-0.39, 0.29) is 17.9 Å². The van der Waals surface area contributed by atoms with Gasteiger partial charge in [-0.05, 0) is 50.4 Å². The molecule has 1 atom stereocenters. The predicted octanol–water partition coefficient (Wildman–Crippen LogP) is 2.96. The van der Waals surface area contributed by atoms with Crippen LogP contribution in [0.25, 0.3) is 0 Å². The molecule has 2 saturated heterocycles. The van der Waals surface area contributed by atoms with Crippen LogP contribution in [0, 0.1) is 5.41 Å². The molecule has 0 bridgehead atoms. The van der Waals surface area contributed by atoms with Gasteiger partial charge in [-0.25, -0.2) is 0 Å². The van der Waals surface area contributed by atoms with Crippen LogP contribution in [-0.4, -0.2) is 47.3 Å². The van der Waals surface area contributed by atoms with Gasteiger partial charge in [0.2, 0.25) is 11.8 Å². The number of likely N-dealkylation sites (tertiary alicyclic amines) is 2. The molecule has 4 heteroatoms. The molecule has 1 aliphatic carbocycles. The minimum atomic E-state index is -0.182. The van der Waals surface area contributed by atoms with Crippen molar-refractivity contribution in [2.24, 2.45) is 5.41 Å². The predicted molar refractivity (Wildman–Crippen MR) is 86.4 cm³/mol. The number of carbonyl (C=O) groups is 2. The summed E-state index contributed by atoms with van der Waals surface area (Å²) in [5.74, 6) is 0.358. The Bertz CT molecular complexity index is 419. The first kappa shape index (κ1) is 15.8. The Hall–Kier alpha value is -1.06. The molecule has 4 nitrogen and oxygen atoms in total. The zero-order chi connectivity index (χ0) is 15.6. The van der Waals surface area contributed by atoms with Crippen molar-refractivity contribution in [2.45, 2.75) is 77.2 Å². The molecule has 124 valence electrons. The van der Waals surface area contributed by atoms with Crippen LogP contribution in [0.2, 0.25) is 0 Å². The summed E-state index contributed by atoms with van der Waals surface area (Å²) in [6.07, 6.45) is 11.3. The van der Waals surface area contributed by atoms with Crippen LogP contribution in [0.3, 0.4) is 0 Å². The van der Waals surface area contributed by atoms with Crippen molar-refractivity contribution in [3.8, 4) is 0 Å². The molecule has 0 N–H and O–H groups in total. The number of hydrogen-bond acceptors (Lipinski definition) is 2. The number of carbonyl (C=O) groups excluding carboxylic acids is 2. The zero-order valence-electron chi connectivity index (χ0n) is 14.0. The summed E-state index contributed by atoms with van der Waals surface area (Å²) in [4.78, 5) is 28.9. The van der Waals surface area contributed by atoms with Crippen molar-refractivity contribution in [2.75, 3.05) is 19.6 Å². The average molecular weight is 306 g/mol. The summed E-state index contributed by atoms with van der Waals surface area (Å²) in [5.41, 5.74) is 0.544. The van der Waals surface area contributed by atoms with E-state index in [1.54, 1.807) is 0 Å². The van der Waals surface area contributed by atoms with E-state index < -0.39 is 0 Å². The molecule has 2 aliphatic heterocycles. The SMILES string of the molecule is CCC(=O)N1CCCCC1C(=O)N1CCC2(CCCC2)CC1. The third kappa shape index (κ3) is 3.02. The quantitative estimate of drug-likeness (QED) is 0.787. The lowest BCUT2D eigenvalue weighted by molar-refractivity contribution is -0.149. The van der Waals surface area contributed by atoms with Crippen molar-refractivity contribution in [1.82, 2.24) is 9.80 Å². The smallest absolute Gasteiger partial charge is 0.245 e. The van der Waals surface area contributed by atoms with E-state index in [2.05, 4.69) is 4.90 Å². The van der Waals surface area contributed by atoms with E-state index in [0.717, 1.165) is 38.9 Å². The fourth-order valence-corrected chi connectivity index (χ4v) is 4.73. The molecule has 2 amide bonds. The average Bonchev–Trinajstić information content (AvgIpc) is 3.02. The lowest BCUT2D eigenvalue weighted by Gasteiger charge is -2.43. The Morgan fingerprint density at radius 3 is 2.27 bits per heavy atom. The number of rotatable bonds is 2. The number of hydrogen-bond donors (Lipinski definition) is 0. The first-order chi connectivity index (χ1) is 10.7. The van der Waals surface area contributed by atoms with Crippen LogP contribution >= 0.6 is 0 Å². The summed E-state index contributed by atoms with van der Waals surface area (Å²) in [6, 6.07) is -0.182. The monoisotopic (exact) mass is 306 g/mol. The minimum Gasteiger partial charge on any atom is -0.341 e. The molecule has 1 saturated carbocycles. The van der Waals surface area contributed by atoms with Crippen LogP contribution in [0.4, 0.5) is 0 Å². The van der Waals surface area contributed by atoms with Gasteiger partial charge in [0, 0.05) is 26.1 Å². The van der Waals surface area contributed by atoms with Crippen molar-refractivity contribution in [1.29, 1.82) is 0 Å². The highest BCUT2D eigenvalue weighted by atomic mass is 16.2. The number of amides is 2. The van der Waals surface area contributed by atoms with Crippen LogP contribution in [0.1, 0.15) is 71.1 Å². The molecule has 3 aliphatic rings. The van der Waals surface area contributed by atoms with Crippen LogP contribution in [0.5, 0.6) is 0 Å². The molecule has 3 rings (SSSR count). The van der Waals surface area contributed by atoms with Gasteiger partial charge in [-0.3, -0.25) is 9.59 Å². The Morgan fingerprint density at radius 2 is 1.64 bits per heavy atom.